The third-order valence-electron chi connectivity index (χ3n) is 3.44. The molecule has 1 aromatic heterocycles. The highest BCUT2D eigenvalue weighted by Crippen LogP contribution is 2.17. The van der Waals surface area contributed by atoms with E-state index in [1.165, 1.54) is 0 Å². The molecule has 0 aromatic carbocycles. The van der Waals surface area contributed by atoms with Crippen molar-refractivity contribution in [3.05, 3.63) is 25.7 Å². The van der Waals surface area contributed by atoms with Crippen LogP contribution in [0.3, 0.4) is 0 Å². The van der Waals surface area contributed by atoms with Crippen LogP contribution < -0.4 is 17.0 Å². The van der Waals surface area contributed by atoms with Crippen LogP contribution in [0.25, 0.3) is 0 Å². The van der Waals surface area contributed by atoms with Crippen LogP contribution in [-0.4, -0.2) is 20.2 Å². The Morgan fingerprint density at radius 3 is 2.55 bits per heavy atom. The molecular formula is C13H20N4O5. The maximum absolute atomic E-state index is 12.4. The van der Waals surface area contributed by atoms with Gasteiger partial charge in [0.25, 0.3) is 5.56 Å². The standard InChI is InChI=1S/C13H20N4O5/c1-3-4-7-16-11(14)10(15-22)12(20)17(13(16)21)8(2)5-6-9(18)19/h8H,3-7,14H2,1-2H3,(H,18,19). The van der Waals surface area contributed by atoms with Crippen LogP contribution in [0.4, 0.5) is 11.5 Å². The number of carboxylic acid groups (broad SMARTS) is 1. The van der Waals surface area contributed by atoms with E-state index in [0.717, 1.165) is 15.6 Å². The van der Waals surface area contributed by atoms with Crippen molar-refractivity contribution < 1.29 is 9.90 Å². The van der Waals surface area contributed by atoms with Gasteiger partial charge >= 0.3 is 11.7 Å². The maximum atomic E-state index is 12.4. The Morgan fingerprint density at radius 2 is 2.05 bits per heavy atom. The van der Waals surface area contributed by atoms with Gasteiger partial charge < -0.3 is 10.8 Å². The van der Waals surface area contributed by atoms with Gasteiger partial charge in [-0.25, -0.2) is 4.79 Å². The lowest BCUT2D eigenvalue weighted by molar-refractivity contribution is -0.137. The van der Waals surface area contributed by atoms with E-state index in [9.17, 15) is 19.3 Å². The van der Waals surface area contributed by atoms with E-state index < -0.39 is 28.9 Å². The highest BCUT2D eigenvalue weighted by molar-refractivity contribution is 5.66. The molecule has 1 unspecified atom stereocenters. The minimum Gasteiger partial charge on any atom is -0.481 e. The van der Waals surface area contributed by atoms with Crippen molar-refractivity contribution in [1.82, 2.24) is 9.13 Å². The minimum absolute atomic E-state index is 0.0838. The third kappa shape index (κ3) is 3.60. The Bertz CT molecular complexity index is 676. The quantitative estimate of drug-likeness (QED) is 0.692. The summed E-state index contributed by atoms with van der Waals surface area (Å²) < 4.78 is 1.99. The molecule has 0 aliphatic heterocycles. The van der Waals surface area contributed by atoms with Gasteiger partial charge in [0.15, 0.2) is 0 Å². The van der Waals surface area contributed by atoms with Gasteiger partial charge in [-0.2, -0.15) is 0 Å². The van der Waals surface area contributed by atoms with Crippen LogP contribution in [0.1, 0.15) is 45.6 Å². The number of aliphatic carboxylic acids is 1. The van der Waals surface area contributed by atoms with Gasteiger partial charge in [-0.1, -0.05) is 13.3 Å². The Morgan fingerprint density at radius 1 is 1.41 bits per heavy atom. The number of unbranched alkanes of at least 4 members (excludes halogenated alkanes) is 1. The second-order valence-electron chi connectivity index (χ2n) is 5.07. The molecule has 22 heavy (non-hydrogen) atoms. The topological polar surface area (TPSA) is 137 Å². The zero-order chi connectivity index (χ0) is 16.9. The van der Waals surface area contributed by atoms with E-state index in [-0.39, 0.29) is 25.2 Å². The summed E-state index contributed by atoms with van der Waals surface area (Å²) in [6.45, 7) is 3.72. The van der Waals surface area contributed by atoms with Crippen molar-refractivity contribution in [3.8, 4) is 0 Å². The minimum atomic E-state index is -1.03. The SMILES string of the molecule is CCCCn1c(N)c(N=O)c(=O)n(C(C)CCC(=O)O)c1=O. The molecule has 0 amide bonds. The van der Waals surface area contributed by atoms with E-state index in [0.29, 0.717) is 6.42 Å². The van der Waals surface area contributed by atoms with E-state index >= 15 is 0 Å². The molecule has 1 atom stereocenters. The van der Waals surface area contributed by atoms with Crippen LogP contribution in [0, 0.1) is 4.91 Å². The first-order valence-corrected chi connectivity index (χ1v) is 7.05. The number of nitrogens with zero attached hydrogens (tertiary/aromatic N) is 3. The first-order chi connectivity index (χ1) is 10.3. The van der Waals surface area contributed by atoms with Crippen LogP contribution in [-0.2, 0) is 11.3 Å². The molecule has 0 saturated heterocycles. The molecule has 0 radical (unpaired) electrons. The monoisotopic (exact) mass is 312 g/mol. The van der Waals surface area contributed by atoms with Crippen molar-refractivity contribution in [1.29, 1.82) is 0 Å². The number of hydrogen-bond acceptors (Lipinski definition) is 6. The molecule has 122 valence electrons. The molecule has 9 nitrogen and oxygen atoms in total. The number of aromatic nitrogens is 2. The molecule has 9 heteroatoms. The van der Waals surface area contributed by atoms with Crippen LogP contribution in [0.5, 0.6) is 0 Å². The maximum Gasteiger partial charge on any atom is 0.332 e. The van der Waals surface area contributed by atoms with E-state index in [2.05, 4.69) is 5.18 Å². The fourth-order valence-corrected chi connectivity index (χ4v) is 2.14. The Labute approximate surface area is 126 Å². The number of anilines is 1. The lowest BCUT2D eigenvalue weighted by atomic mass is 10.2. The van der Waals surface area contributed by atoms with Crippen molar-refractivity contribution >= 4 is 17.5 Å². The van der Waals surface area contributed by atoms with Gasteiger partial charge in [0.1, 0.15) is 5.82 Å². The summed E-state index contributed by atoms with van der Waals surface area (Å²) in [6.07, 6.45) is 1.32. The summed E-state index contributed by atoms with van der Waals surface area (Å²) in [5.41, 5.74) is 3.64. The predicted octanol–water partition coefficient (Wildman–Crippen LogP) is 1.22. The van der Waals surface area contributed by atoms with E-state index in [1.807, 2.05) is 6.92 Å². The number of nitrogens with two attached hydrogens (primary N) is 1. The number of hydrogen-bond donors (Lipinski definition) is 2. The summed E-state index contributed by atoms with van der Waals surface area (Å²) in [5, 5.41) is 11.3. The lowest BCUT2D eigenvalue weighted by Gasteiger charge is -2.18. The molecule has 1 heterocycles. The van der Waals surface area contributed by atoms with Crippen molar-refractivity contribution in [2.75, 3.05) is 5.73 Å². The number of carboxylic acids is 1. The average Bonchev–Trinajstić information content (AvgIpc) is 2.45. The van der Waals surface area contributed by atoms with Gasteiger partial charge in [0, 0.05) is 19.0 Å². The van der Waals surface area contributed by atoms with E-state index in [4.69, 9.17) is 10.8 Å². The molecule has 3 N–H and O–H groups in total. The zero-order valence-electron chi connectivity index (χ0n) is 12.6. The largest absolute Gasteiger partial charge is 0.481 e. The predicted molar refractivity (Wildman–Crippen MR) is 81.3 cm³/mol. The Hall–Kier alpha value is -2.45. The average molecular weight is 312 g/mol. The summed E-state index contributed by atoms with van der Waals surface area (Å²) in [6, 6.07) is -0.676. The highest BCUT2D eigenvalue weighted by Gasteiger charge is 2.21. The number of nitroso groups, excluding NO2 is 1. The fraction of sp³-hybridized carbons (Fsp3) is 0.615. The van der Waals surface area contributed by atoms with Crippen LogP contribution in [0.2, 0.25) is 0 Å². The van der Waals surface area contributed by atoms with Gasteiger partial charge in [-0.3, -0.25) is 18.7 Å². The molecule has 1 aromatic rings. The second kappa shape index (κ2) is 7.53. The lowest BCUT2D eigenvalue weighted by Crippen LogP contribution is -2.42. The zero-order valence-corrected chi connectivity index (χ0v) is 12.6. The number of rotatable bonds is 8. The summed E-state index contributed by atoms with van der Waals surface area (Å²) in [5.74, 6) is -1.28. The first-order valence-electron chi connectivity index (χ1n) is 7.05. The molecular weight excluding hydrogens is 292 g/mol. The molecule has 0 aliphatic carbocycles. The first kappa shape index (κ1) is 17.6. The normalized spacial score (nSPS) is 12.1. The molecule has 0 fully saturated rings. The molecule has 0 spiro atoms. The van der Waals surface area contributed by atoms with Gasteiger partial charge in [0.2, 0.25) is 5.69 Å². The Kier molecular flexibility index (Phi) is 6.02. The van der Waals surface area contributed by atoms with Crippen LogP contribution in [0.15, 0.2) is 14.8 Å². The highest BCUT2D eigenvalue weighted by atomic mass is 16.4. The van der Waals surface area contributed by atoms with E-state index in [1.54, 1.807) is 6.92 Å². The van der Waals surface area contributed by atoms with Crippen molar-refractivity contribution in [3.63, 3.8) is 0 Å². The summed E-state index contributed by atoms with van der Waals surface area (Å²) in [7, 11) is 0. The molecule has 0 aliphatic rings. The smallest absolute Gasteiger partial charge is 0.332 e. The van der Waals surface area contributed by atoms with Crippen molar-refractivity contribution in [2.24, 2.45) is 5.18 Å². The summed E-state index contributed by atoms with van der Waals surface area (Å²) in [4.78, 5) is 46.1. The third-order valence-corrected chi connectivity index (χ3v) is 3.44. The summed E-state index contributed by atoms with van der Waals surface area (Å²) >= 11 is 0. The van der Waals surface area contributed by atoms with Crippen molar-refractivity contribution in [2.45, 2.75) is 52.1 Å². The second-order valence-corrected chi connectivity index (χ2v) is 5.07. The molecule has 0 bridgehead atoms. The number of nitrogen functional groups attached to an aromatic ring is 1. The van der Waals surface area contributed by atoms with Gasteiger partial charge in [-0.15, -0.1) is 4.91 Å². The fourth-order valence-electron chi connectivity index (χ4n) is 2.14. The molecule has 0 saturated carbocycles. The molecule has 1 rings (SSSR count). The van der Waals surface area contributed by atoms with Gasteiger partial charge in [0.05, 0.1) is 0 Å². The Balaban J connectivity index is 3.43. The van der Waals surface area contributed by atoms with Gasteiger partial charge in [-0.05, 0) is 24.9 Å². The van der Waals surface area contributed by atoms with Crippen LogP contribution >= 0.6 is 0 Å². The number of carbonyl (C=O) groups is 1.